The second-order valence-corrected chi connectivity index (χ2v) is 11.1. The molecule has 0 spiro atoms. The maximum Gasteiger partial charge on any atom is 0.227 e. The zero-order valence-electron chi connectivity index (χ0n) is 24.1. The molecule has 218 valence electrons. The van der Waals surface area contributed by atoms with Gasteiger partial charge < -0.3 is 24.8 Å². The van der Waals surface area contributed by atoms with E-state index in [9.17, 15) is 14.7 Å². The average molecular weight is 553 g/mol. The maximum atomic E-state index is 13.5. The van der Waals surface area contributed by atoms with Crippen molar-refractivity contribution < 1.29 is 24.2 Å². The average Bonchev–Trinajstić information content (AvgIpc) is 3.00. The lowest BCUT2D eigenvalue weighted by Gasteiger charge is -2.34. The number of hydrogen-bond donors (Lipinski definition) is 2. The van der Waals surface area contributed by atoms with Crippen LogP contribution in [-0.2, 0) is 27.3 Å². The third-order valence-corrected chi connectivity index (χ3v) is 7.75. The van der Waals surface area contributed by atoms with E-state index in [-0.39, 0.29) is 42.9 Å². The monoisotopic (exact) mass is 552 g/mol. The summed E-state index contributed by atoms with van der Waals surface area (Å²) in [5.74, 6) is 0.559. The highest BCUT2D eigenvalue weighted by Crippen LogP contribution is 2.29. The lowest BCUT2D eigenvalue weighted by atomic mass is 10.0. The molecule has 40 heavy (non-hydrogen) atoms. The van der Waals surface area contributed by atoms with Gasteiger partial charge in [0, 0.05) is 62.9 Å². The molecule has 1 saturated heterocycles. The summed E-state index contributed by atoms with van der Waals surface area (Å²) in [6.07, 6.45) is 0.346. The Balaban J connectivity index is 1.50. The van der Waals surface area contributed by atoms with Gasteiger partial charge in [-0.1, -0.05) is 37.3 Å². The zero-order chi connectivity index (χ0) is 28.5. The first-order chi connectivity index (χ1) is 19.3. The minimum Gasteiger partial charge on any atom is -0.488 e. The molecule has 2 aliphatic heterocycles. The molecule has 2 aliphatic rings. The number of ether oxygens (including phenoxy) is 2. The standard InChI is InChI=1S/C31H44N4O5/c1-23-19-35(24(2)22-36)31(38)18-26-17-27(32-30(37)11-12-34-13-15-39-16-14-34)9-10-28(26)40-29(23)21-33(3)20-25-7-5-4-6-8-25/h4-10,17,23-24,29,36H,11-16,18-22H2,1-3H3,(H,32,37)/t23-,24+,29-/m0/s1. The number of anilines is 1. The predicted octanol–water partition coefficient (Wildman–Crippen LogP) is 2.63. The largest absolute Gasteiger partial charge is 0.488 e. The lowest BCUT2D eigenvalue weighted by molar-refractivity contribution is -0.134. The van der Waals surface area contributed by atoms with Gasteiger partial charge in [-0.05, 0) is 37.7 Å². The number of fused-ring (bicyclic) bond motifs is 1. The van der Waals surface area contributed by atoms with Crippen LogP contribution in [0.2, 0.25) is 0 Å². The number of carbonyl (C=O) groups is 2. The van der Waals surface area contributed by atoms with Crippen LogP contribution in [0.5, 0.6) is 5.75 Å². The van der Waals surface area contributed by atoms with Crippen molar-refractivity contribution in [3.63, 3.8) is 0 Å². The summed E-state index contributed by atoms with van der Waals surface area (Å²) >= 11 is 0. The molecule has 2 aromatic carbocycles. The molecule has 1 fully saturated rings. The fourth-order valence-corrected chi connectivity index (χ4v) is 5.30. The van der Waals surface area contributed by atoms with E-state index in [1.807, 2.05) is 43.3 Å². The van der Waals surface area contributed by atoms with Gasteiger partial charge >= 0.3 is 0 Å². The number of likely N-dealkylation sites (N-methyl/N-ethyl adjacent to an activating group) is 1. The number of rotatable bonds is 10. The quantitative estimate of drug-likeness (QED) is 0.468. The summed E-state index contributed by atoms with van der Waals surface area (Å²) in [6, 6.07) is 15.6. The fraction of sp³-hybridized carbons (Fsp3) is 0.548. The predicted molar refractivity (Wildman–Crippen MR) is 155 cm³/mol. The Morgan fingerprint density at radius 2 is 1.93 bits per heavy atom. The van der Waals surface area contributed by atoms with Gasteiger partial charge in [-0.15, -0.1) is 0 Å². The van der Waals surface area contributed by atoms with Gasteiger partial charge in [0.25, 0.3) is 0 Å². The maximum absolute atomic E-state index is 13.5. The van der Waals surface area contributed by atoms with Crippen LogP contribution in [0, 0.1) is 5.92 Å². The molecule has 0 aliphatic carbocycles. The van der Waals surface area contributed by atoms with Crippen LogP contribution in [0.15, 0.2) is 48.5 Å². The van der Waals surface area contributed by atoms with E-state index in [0.29, 0.717) is 50.7 Å². The van der Waals surface area contributed by atoms with Crippen molar-refractivity contribution >= 4 is 17.5 Å². The van der Waals surface area contributed by atoms with Crippen molar-refractivity contribution in [1.82, 2.24) is 14.7 Å². The summed E-state index contributed by atoms with van der Waals surface area (Å²) in [6.45, 7) is 9.58. The molecule has 9 nitrogen and oxygen atoms in total. The first kappa shape index (κ1) is 30.0. The number of carbonyl (C=O) groups excluding carboxylic acids is 2. The van der Waals surface area contributed by atoms with Crippen LogP contribution in [0.25, 0.3) is 0 Å². The van der Waals surface area contributed by atoms with Gasteiger partial charge in [-0.3, -0.25) is 19.4 Å². The molecular weight excluding hydrogens is 508 g/mol. The lowest BCUT2D eigenvalue weighted by Crippen LogP contribution is -2.47. The SMILES string of the molecule is C[C@H](CO)N1C[C@H](C)[C@H](CN(C)Cc2ccccc2)Oc2ccc(NC(=O)CCN3CCOCC3)cc2CC1=O. The third-order valence-electron chi connectivity index (χ3n) is 7.75. The Labute approximate surface area is 238 Å². The topological polar surface area (TPSA) is 94.6 Å². The molecular formula is C31H44N4O5. The first-order valence-corrected chi connectivity index (χ1v) is 14.3. The Kier molecular flexibility index (Phi) is 10.9. The number of aliphatic hydroxyl groups is 1. The Morgan fingerprint density at radius 3 is 2.65 bits per heavy atom. The van der Waals surface area contributed by atoms with E-state index in [2.05, 4.69) is 41.2 Å². The van der Waals surface area contributed by atoms with Gasteiger partial charge in [-0.2, -0.15) is 0 Å². The van der Waals surface area contributed by atoms with Crippen LogP contribution < -0.4 is 10.1 Å². The molecule has 2 aromatic rings. The highest BCUT2D eigenvalue weighted by Gasteiger charge is 2.31. The van der Waals surface area contributed by atoms with Crippen LogP contribution in [0.4, 0.5) is 5.69 Å². The number of hydrogen-bond acceptors (Lipinski definition) is 7. The fourth-order valence-electron chi connectivity index (χ4n) is 5.30. The third kappa shape index (κ3) is 8.51. The molecule has 4 rings (SSSR count). The van der Waals surface area contributed by atoms with E-state index < -0.39 is 0 Å². The molecule has 0 bridgehead atoms. The van der Waals surface area contributed by atoms with Crippen molar-refractivity contribution in [2.45, 2.75) is 45.4 Å². The molecule has 9 heteroatoms. The highest BCUT2D eigenvalue weighted by atomic mass is 16.5. The van der Waals surface area contributed by atoms with Crippen LogP contribution in [0.3, 0.4) is 0 Å². The molecule has 2 amide bonds. The van der Waals surface area contributed by atoms with Crippen molar-refractivity contribution in [3.8, 4) is 5.75 Å². The highest BCUT2D eigenvalue weighted by molar-refractivity contribution is 5.91. The smallest absolute Gasteiger partial charge is 0.227 e. The summed E-state index contributed by atoms with van der Waals surface area (Å²) in [5, 5.41) is 12.9. The van der Waals surface area contributed by atoms with Crippen molar-refractivity contribution in [3.05, 3.63) is 59.7 Å². The Morgan fingerprint density at radius 1 is 1.18 bits per heavy atom. The summed E-state index contributed by atoms with van der Waals surface area (Å²) in [4.78, 5) is 32.4. The second kappa shape index (κ2) is 14.6. The molecule has 3 atom stereocenters. The number of morpholine rings is 1. The van der Waals surface area contributed by atoms with Gasteiger partial charge in [0.05, 0.1) is 32.3 Å². The van der Waals surface area contributed by atoms with Gasteiger partial charge in [0.2, 0.25) is 11.8 Å². The number of amides is 2. The van der Waals surface area contributed by atoms with E-state index in [1.54, 1.807) is 4.90 Å². The van der Waals surface area contributed by atoms with E-state index in [4.69, 9.17) is 9.47 Å². The Bertz CT molecular complexity index is 1110. The van der Waals surface area contributed by atoms with Gasteiger partial charge in [-0.25, -0.2) is 0 Å². The van der Waals surface area contributed by atoms with Crippen LogP contribution >= 0.6 is 0 Å². The second-order valence-electron chi connectivity index (χ2n) is 11.1. The number of nitrogens with one attached hydrogen (secondary N) is 1. The minimum atomic E-state index is -0.303. The molecule has 2 N–H and O–H groups in total. The normalized spacial score (nSPS) is 21.1. The van der Waals surface area contributed by atoms with Gasteiger partial charge in [0.15, 0.2) is 0 Å². The Hall–Kier alpha value is -2.98. The summed E-state index contributed by atoms with van der Waals surface area (Å²) in [5.41, 5.74) is 2.60. The van der Waals surface area contributed by atoms with Crippen LogP contribution in [-0.4, -0.2) is 103 Å². The summed E-state index contributed by atoms with van der Waals surface area (Å²) < 4.78 is 12.0. The molecule has 0 aromatic heterocycles. The molecule has 0 radical (unpaired) electrons. The van der Waals surface area contributed by atoms with Crippen molar-refractivity contribution in [2.24, 2.45) is 5.92 Å². The van der Waals surface area contributed by atoms with E-state index in [0.717, 1.165) is 25.2 Å². The number of nitrogens with zero attached hydrogens (tertiary/aromatic N) is 3. The molecule has 0 unspecified atom stereocenters. The number of aliphatic hydroxyl groups excluding tert-OH is 1. The van der Waals surface area contributed by atoms with Crippen molar-refractivity contribution in [1.29, 1.82) is 0 Å². The van der Waals surface area contributed by atoms with E-state index in [1.165, 1.54) is 5.56 Å². The molecule has 2 heterocycles. The summed E-state index contributed by atoms with van der Waals surface area (Å²) in [7, 11) is 2.07. The first-order valence-electron chi connectivity index (χ1n) is 14.3. The van der Waals surface area contributed by atoms with Crippen molar-refractivity contribution in [2.75, 3.05) is 64.9 Å². The zero-order valence-corrected chi connectivity index (χ0v) is 24.1. The minimum absolute atomic E-state index is 0.0293. The number of benzene rings is 2. The van der Waals surface area contributed by atoms with Crippen LogP contribution in [0.1, 0.15) is 31.4 Å². The molecule has 0 saturated carbocycles. The van der Waals surface area contributed by atoms with E-state index >= 15 is 0 Å². The van der Waals surface area contributed by atoms with Gasteiger partial charge in [0.1, 0.15) is 11.9 Å².